The van der Waals surface area contributed by atoms with Crippen LogP contribution in [-0.4, -0.2) is 24.8 Å². The highest BCUT2D eigenvalue weighted by Crippen LogP contribution is 2.38. The molecule has 7 nitrogen and oxygen atoms in total. The number of amides is 1. The van der Waals surface area contributed by atoms with Crippen molar-refractivity contribution in [2.24, 2.45) is 11.1 Å². The molecule has 4 aromatic rings. The van der Waals surface area contributed by atoms with E-state index in [0.29, 0.717) is 24.3 Å². The van der Waals surface area contributed by atoms with Gasteiger partial charge in [0.1, 0.15) is 0 Å². The van der Waals surface area contributed by atoms with Crippen molar-refractivity contribution in [3.05, 3.63) is 111 Å². The number of aryl methyl sites for hydroxylation is 1. The maximum Gasteiger partial charge on any atom is 0.366 e. The van der Waals surface area contributed by atoms with Gasteiger partial charge in [0, 0.05) is 22.3 Å². The Labute approximate surface area is 222 Å². The third-order valence-electron chi connectivity index (χ3n) is 6.89. The molecule has 2 N–H and O–H groups in total. The van der Waals surface area contributed by atoms with Crippen LogP contribution in [0.2, 0.25) is 0 Å². The summed E-state index contributed by atoms with van der Waals surface area (Å²) >= 11 is 0. The van der Waals surface area contributed by atoms with E-state index in [1.165, 1.54) is 5.56 Å². The third-order valence-corrected chi connectivity index (χ3v) is 6.89. The molecule has 0 aliphatic carbocycles. The van der Waals surface area contributed by atoms with Gasteiger partial charge in [-0.2, -0.15) is 0 Å². The monoisotopic (exact) mass is 514 g/mol. The minimum atomic E-state index is -0.786. The molecule has 1 fully saturated rings. The van der Waals surface area contributed by atoms with E-state index in [1.54, 1.807) is 0 Å². The van der Waals surface area contributed by atoms with Crippen LogP contribution < -0.4 is 11.4 Å². The molecule has 0 bridgehead atoms. The van der Waals surface area contributed by atoms with E-state index in [4.69, 9.17) is 18.8 Å². The molecule has 3 aromatic carbocycles. The minimum absolute atomic E-state index is 0.00332. The maximum absolute atomic E-state index is 12.2. The molecule has 5 rings (SSSR count). The molecule has 1 atom stereocenters. The van der Waals surface area contributed by atoms with Gasteiger partial charge in [-0.25, -0.2) is 4.79 Å². The summed E-state index contributed by atoms with van der Waals surface area (Å²) in [6, 6.07) is 24.9. The Bertz CT molecular complexity index is 1450. The number of fused-ring (bicyclic) bond motifs is 1. The quantitative estimate of drug-likeness (QED) is 0.366. The molecular formula is C31H34N2O5. The second-order valence-corrected chi connectivity index (χ2v) is 10.6. The zero-order valence-electron chi connectivity index (χ0n) is 22.3. The average Bonchev–Trinajstić information content (AvgIpc) is 2.92. The summed E-state index contributed by atoms with van der Waals surface area (Å²) < 4.78 is 17.4. The number of nitrogens with two attached hydrogens (primary N) is 1. The van der Waals surface area contributed by atoms with Crippen molar-refractivity contribution in [3.63, 3.8) is 0 Å². The maximum atomic E-state index is 12.2. The lowest BCUT2D eigenvalue weighted by Crippen LogP contribution is -2.43. The minimum Gasteiger partial charge on any atom is -0.372 e. The molecule has 1 saturated heterocycles. The molecule has 7 heteroatoms. The van der Waals surface area contributed by atoms with Gasteiger partial charge in [-0.3, -0.25) is 4.79 Å². The summed E-state index contributed by atoms with van der Waals surface area (Å²) in [5, 5.41) is 5.31. The second-order valence-electron chi connectivity index (χ2n) is 10.6. The predicted molar refractivity (Wildman–Crippen MR) is 147 cm³/mol. The summed E-state index contributed by atoms with van der Waals surface area (Å²) in [5.41, 5.74) is 8.97. The Hall–Kier alpha value is -3.81. The van der Waals surface area contributed by atoms with Gasteiger partial charge in [-0.15, -0.1) is 0 Å². The standard InChI is InChI=1S/C30H31NO4.CH3NO/c1-20-26-17-23(13-14-25(26)28(32)35-31-20)27(15-21-9-6-5-7-10-21)22-11-8-12-24(16-22)30(4)33-18-29(2,3)19-34-30;2-1-3/h5-14,16-17,27H,15,18-19H2,1-4H3;1H,(H2,2,3). The van der Waals surface area contributed by atoms with Crippen LogP contribution in [0, 0.1) is 12.3 Å². The topological polar surface area (TPSA) is 105 Å². The molecule has 1 aliphatic heterocycles. The van der Waals surface area contributed by atoms with Gasteiger partial charge in [-0.05, 0) is 55.2 Å². The third kappa shape index (κ3) is 6.01. The fraction of sp³-hybridized carbons (Fsp3) is 0.323. The Balaban J connectivity index is 0.00000107. The lowest BCUT2D eigenvalue weighted by atomic mass is 9.84. The molecule has 0 saturated carbocycles. The smallest absolute Gasteiger partial charge is 0.366 e. The number of aromatic nitrogens is 1. The Morgan fingerprint density at radius 3 is 2.26 bits per heavy atom. The van der Waals surface area contributed by atoms with E-state index in [9.17, 15) is 4.79 Å². The van der Waals surface area contributed by atoms with Crippen molar-refractivity contribution < 1.29 is 18.8 Å². The summed E-state index contributed by atoms with van der Waals surface area (Å²) in [6.45, 7) is 9.44. The number of carbonyl (C=O) groups excluding carboxylic acids is 1. The number of ether oxygens (including phenoxy) is 2. The van der Waals surface area contributed by atoms with Gasteiger partial charge in [0.25, 0.3) is 0 Å². The Morgan fingerprint density at radius 1 is 0.921 bits per heavy atom. The van der Waals surface area contributed by atoms with Gasteiger partial charge < -0.3 is 19.7 Å². The molecule has 1 amide bonds. The van der Waals surface area contributed by atoms with Crippen LogP contribution in [0.25, 0.3) is 10.8 Å². The van der Waals surface area contributed by atoms with Gasteiger partial charge in [0.2, 0.25) is 6.41 Å². The van der Waals surface area contributed by atoms with Gasteiger partial charge >= 0.3 is 5.63 Å². The number of nitrogens with zero attached hydrogens (tertiary/aromatic N) is 1. The molecule has 1 unspecified atom stereocenters. The van der Waals surface area contributed by atoms with E-state index in [1.807, 2.05) is 32.0 Å². The number of hydrogen-bond acceptors (Lipinski definition) is 6. The van der Waals surface area contributed by atoms with Crippen LogP contribution in [0.15, 0.2) is 82.1 Å². The molecule has 0 spiro atoms. The van der Waals surface area contributed by atoms with Crippen LogP contribution in [-0.2, 0) is 26.5 Å². The predicted octanol–water partition coefficient (Wildman–Crippen LogP) is 5.22. The fourth-order valence-corrected chi connectivity index (χ4v) is 4.70. The first-order chi connectivity index (χ1) is 18.2. The van der Waals surface area contributed by atoms with Crippen molar-refractivity contribution in [3.8, 4) is 0 Å². The SMILES string of the molecule is Cc1noc(=O)c2ccc(C(Cc3ccccc3)c3cccc(C4(C)OCC(C)(C)CO4)c3)cc12.NC=O. The van der Waals surface area contributed by atoms with E-state index in [2.05, 4.69) is 79.3 Å². The summed E-state index contributed by atoms with van der Waals surface area (Å²) in [5.74, 6) is -0.719. The first-order valence-corrected chi connectivity index (χ1v) is 12.6. The molecule has 38 heavy (non-hydrogen) atoms. The van der Waals surface area contributed by atoms with Crippen molar-refractivity contribution in [1.29, 1.82) is 0 Å². The molecule has 2 heterocycles. The summed E-state index contributed by atoms with van der Waals surface area (Å²) in [4.78, 5) is 20.8. The highest BCUT2D eigenvalue weighted by atomic mass is 16.7. The zero-order chi connectivity index (χ0) is 27.3. The van der Waals surface area contributed by atoms with Crippen LogP contribution in [0.5, 0.6) is 0 Å². The lowest BCUT2D eigenvalue weighted by molar-refractivity contribution is -0.298. The van der Waals surface area contributed by atoms with Crippen molar-refractivity contribution in [2.75, 3.05) is 13.2 Å². The van der Waals surface area contributed by atoms with Crippen molar-refractivity contribution >= 4 is 17.2 Å². The molecular weight excluding hydrogens is 480 g/mol. The number of primary amides is 1. The van der Waals surface area contributed by atoms with Gasteiger partial charge in [0.05, 0.1) is 24.3 Å². The molecule has 198 valence electrons. The normalized spacial score (nSPS) is 16.7. The van der Waals surface area contributed by atoms with E-state index in [-0.39, 0.29) is 17.7 Å². The first kappa shape index (κ1) is 27.2. The Morgan fingerprint density at radius 2 is 1.58 bits per heavy atom. The highest BCUT2D eigenvalue weighted by Gasteiger charge is 2.38. The average molecular weight is 515 g/mol. The fourth-order valence-electron chi connectivity index (χ4n) is 4.70. The van der Waals surface area contributed by atoms with Crippen molar-refractivity contribution in [2.45, 2.75) is 45.8 Å². The molecule has 0 radical (unpaired) electrons. The van der Waals surface area contributed by atoms with Gasteiger partial charge in [0.15, 0.2) is 5.79 Å². The van der Waals surface area contributed by atoms with Gasteiger partial charge in [-0.1, -0.05) is 73.6 Å². The van der Waals surface area contributed by atoms with E-state index >= 15 is 0 Å². The number of benzene rings is 3. The second kappa shape index (κ2) is 11.3. The van der Waals surface area contributed by atoms with Crippen LogP contribution in [0.4, 0.5) is 0 Å². The first-order valence-electron chi connectivity index (χ1n) is 12.6. The largest absolute Gasteiger partial charge is 0.372 e. The molecule has 1 aromatic heterocycles. The lowest BCUT2D eigenvalue weighted by Gasteiger charge is -2.41. The Kier molecular flexibility index (Phi) is 8.09. The number of hydrogen-bond donors (Lipinski definition) is 1. The van der Waals surface area contributed by atoms with E-state index in [0.717, 1.165) is 28.5 Å². The number of carbonyl (C=O) groups is 1. The summed E-state index contributed by atoms with van der Waals surface area (Å²) in [6.07, 6.45) is 1.06. The van der Waals surface area contributed by atoms with Crippen LogP contribution >= 0.6 is 0 Å². The van der Waals surface area contributed by atoms with Crippen LogP contribution in [0.1, 0.15) is 54.6 Å². The van der Waals surface area contributed by atoms with Crippen LogP contribution in [0.3, 0.4) is 0 Å². The molecule has 1 aliphatic rings. The van der Waals surface area contributed by atoms with Crippen molar-refractivity contribution in [1.82, 2.24) is 5.16 Å². The summed E-state index contributed by atoms with van der Waals surface area (Å²) in [7, 11) is 0. The zero-order valence-corrected chi connectivity index (χ0v) is 22.3. The highest BCUT2D eigenvalue weighted by molar-refractivity contribution is 5.83. The van der Waals surface area contributed by atoms with E-state index < -0.39 is 11.4 Å². The number of rotatable bonds is 5.